The van der Waals surface area contributed by atoms with Crippen molar-refractivity contribution in [3.8, 4) is 0 Å². The Hall–Kier alpha value is -3.08. The van der Waals surface area contributed by atoms with Crippen molar-refractivity contribution in [3.05, 3.63) is 56.8 Å². The van der Waals surface area contributed by atoms with Gasteiger partial charge in [0.15, 0.2) is 0 Å². The molecular weight excluding hydrogens is 533 g/mol. The standard InChI is InChI=1S/C19H29F3N4O2.C7H8N2.C4H10/c1-4-6-11-26(10-5-2)15(27)9-12-25(3)14-8-7-13-16(19(20,21)22)18(28)24-23-17(13)14;1-6-2-3-7(4-8)5-9-6;1-3-4-2/h14H,4-12H2,1-3H3,(H,24,28);2-5,8H,1H3;3-4H2,1-2H3. The second-order valence-corrected chi connectivity index (χ2v) is 10.2. The number of halogens is 3. The molecule has 1 aliphatic carbocycles. The number of amides is 1. The lowest BCUT2D eigenvalue weighted by molar-refractivity contribution is -0.139. The van der Waals surface area contributed by atoms with E-state index in [4.69, 9.17) is 5.41 Å². The second-order valence-electron chi connectivity index (χ2n) is 10.2. The van der Waals surface area contributed by atoms with E-state index in [2.05, 4.69) is 30.9 Å². The van der Waals surface area contributed by atoms with Crippen LogP contribution in [0.15, 0.2) is 23.1 Å². The van der Waals surface area contributed by atoms with Gasteiger partial charge in [0.05, 0.1) is 11.7 Å². The monoisotopic (exact) mass is 580 g/mol. The number of carbonyl (C=O) groups excluding carboxylic acids is 1. The van der Waals surface area contributed by atoms with Crippen LogP contribution in [0.1, 0.15) is 107 Å². The molecule has 0 spiro atoms. The molecule has 0 aliphatic heterocycles. The van der Waals surface area contributed by atoms with Gasteiger partial charge in [0.1, 0.15) is 5.56 Å². The topological polar surface area (TPSA) is 106 Å². The maximum absolute atomic E-state index is 13.2. The zero-order valence-corrected chi connectivity index (χ0v) is 25.4. The molecule has 0 radical (unpaired) electrons. The summed E-state index contributed by atoms with van der Waals surface area (Å²) in [7, 11) is 1.78. The number of nitrogens with zero attached hydrogens (tertiary/aromatic N) is 4. The molecule has 2 heterocycles. The molecule has 1 atom stereocenters. The van der Waals surface area contributed by atoms with Crippen LogP contribution in [0.2, 0.25) is 0 Å². The fraction of sp³-hybridized carbons (Fsp3) is 0.633. The van der Waals surface area contributed by atoms with Crippen LogP contribution < -0.4 is 5.56 Å². The smallest absolute Gasteiger partial charge is 0.343 e. The van der Waals surface area contributed by atoms with Gasteiger partial charge in [-0.25, -0.2) is 5.10 Å². The number of pyridine rings is 1. The van der Waals surface area contributed by atoms with Crippen molar-refractivity contribution in [2.45, 2.75) is 98.2 Å². The highest BCUT2D eigenvalue weighted by Gasteiger charge is 2.42. The first-order chi connectivity index (χ1) is 19.4. The summed E-state index contributed by atoms with van der Waals surface area (Å²) in [5.41, 5.74) is -0.261. The number of aryl methyl sites for hydroxylation is 1. The van der Waals surface area contributed by atoms with Crippen molar-refractivity contribution in [2.24, 2.45) is 0 Å². The van der Waals surface area contributed by atoms with Crippen molar-refractivity contribution in [1.82, 2.24) is 25.0 Å². The van der Waals surface area contributed by atoms with Gasteiger partial charge in [0.2, 0.25) is 5.91 Å². The third kappa shape index (κ3) is 11.7. The summed E-state index contributed by atoms with van der Waals surface area (Å²) in [5, 5.41) is 12.7. The van der Waals surface area contributed by atoms with E-state index in [1.807, 2.05) is 40.9 Å². The van der Waals surface area contributed by atoms with Crippen LogP contribution in [-0.4, -0.2) is 63.8 Å². The van der Waals surface area contributed by atoms with Crippen LogP contribution in [0.5, 0.6) is 0 Å². The normalized spacial score (nSPS) is 14.0. The highest BCUT2D eigenvalue weighted by Crippen LogP contribution is 2.39. The molecule has 2 aromatic rings. The summed E-state index contributed by atoms with van der Waals surface area (Å²) in [6.07, 6.45) is 4.66. The van der Waals surface area contributed by atoms with Crippen molar-refractivity contribution >= 4 is 12.1 Å². The lowest BCUT2D eigenvalue weighted by Crippen LogP contribution is -2.36. The van der Waals surface area contributed by atoms with Crippen LogP contribution in [0, 0.1) is 12.3 Å². The van der Waals surface area contributed by atoms with Gasteiger partial charge in [-0.3, -0.25) is 19.5 Å². The highest BCUT2D eigenvalue weighted by molar-refractivity contribution is 5.76. The number of carbonyl (C=O) groups is 1. The van der Waals surface area contributed by atoms with Gasteiger partial charge in [-0.05, 0) is 51.3 Å². The number of fused-ring (bicyclic) bond motifs is 1. The van der Waals surface area contributed by atoms with Crippen molar-refractivity contribution in [3.63, 3.8) is 0 Å². The van der Waals surface area contributed by atoms with Gasteiger partial charge >= 0.3 is 6.18 Å². The maximum Gasteiger partial charge on any atom is 0.422 e. The maximum atomic E-state index is 13.2. The summed E-state index contributed by atoms with van der Waals surface area (Å²) in [4.78, 5) is 31.9. The molecule has 41 heavy (non-hydrogen) atoms. The Bertz CT molecular complexity index is 1120. The molecule has 0 bridgehead atoms. The lowest BCUT2D eigenvalue weighted by Gasteiger charge is -2.26. The molecule has 230 valence electrons. The number of aromatic nitrogens is 3. The van der Waals surface area contributed by atoms with Gasteiger partial charge in [0, 0.05) is 49.7 Å². The summed E-state index contributed by atoms with van der Waals surface area (Å²) in [6.45, 7) is 12.3. The zero-order valence-electron chi connectivity index (χ0n) is 25.4. The van der Waals surface area contributed by atoms with E-state index < -0.39 is 17.3 Å². The van der Waals surface area contributed by atoms with Gasteiger partial charge in [0.25, 0.3) is 5.56 Å². The largest absolute Gasteiger partial charge is 0.422 e. The minimum absolute atomic E-state index is 0.0185. The third-order valence-corrected chi connectivity index (χ3v) is 6.82. The Morgan fingerprint density at radius 2 is 1.78 bits per heavy atom. The van der Waals surface area contributed by atoms with Crippen LogP contribution in [0.25, 0.3) is 0 Å². The van der Waals surface area contributed by atoms with Crippen LogP contribution in [-0.2, 0) is 17.4 Å². The number of aromatic amines is 1. The van der Waals surface area contributed by atoms with Gasteiger partial charge in [-0.1, -0.05) is 53.0 Å². The first-order valence-corrected chi connectivity index (χ1v) is 14.5. The average Bonchev–Trinajstić information content (AvgIpc) is 3.37. The molecule has 1 aliphatic rings. The number of hydrogen-bond donors (Lipinski definition) is 2. The fourth-order valence-corrected chi connectivity index (χ4v) is 4.31. The first-order valence-electron chi connectivity index (χ1n) is 14.5. The molecule has 0 fully saturated rings. The van der Waals surface area contributed by atoms with E-state index in [-0.39, 0.29) is 29.6 Å². The number of hydrogen-bond acceptors (Lipinski definition) is 6. The molecule has 0 aromatic carbocycles. The van der Waals surface area contributed by atoms with E-state index in [1.165, 1.54) is 19.1 Å². The SMILES string of the molecule is CCCC.CCCCN(CCC)C(=O)CCN(C)C1CCc2c1n[nH]c(=O)c2C(F)(F)F.Cc1ccc(C=N)cn1. The molecule has 2 N–H and O–H groups in total. The predicted octanol–water partition coefficient (Wildman–Crippen LogP) is 6.33. The molecular formula is C30H47F3N6O2. The molecule has 0 saturated heterocycles. The van der Waals surface area contributed by atoms with E-state index >= 15 is 0 Å². The van der Waals surface area contributed by atoms with Crippen LogP contribution in [0.3, 0.4) is 0 Å². The summed E-state index contributed by atoms with van der Waals surface area (Å²) >= 11 is 0. The van der Waals surface area contributed by atoms with Gasteiger partial charge in [-0.15, -0.1) is 0 Å². The average molecular weight is 581 g/mol. The van der Waals surface area contributed by atoms with E-state index in [0.717, 1.165) is 37.1 Å². The molecule has 3 rings (SSSR count). The number of alkyl halides is 3. The predicted molar refractivity (Wildman–Crippen MR) is 157 cm³/mol. The molecule has 0 saturated carbocycles. The lowest BCUT2D eigenvalue weighted by atomic mass is 10.1. The van der Waals surface area contributed by atoms with E-state index in [9.17, 15) is 22.8 Å². The summed E-state index contributed by atoms with van der Waals surface area (Å²) in [5.74, 6) is 0.0609. The Balaban J connectivity index is 0.000000532. The van der Waals surface area contributed by atoms with Gasteiger partial charge < -0.3 is 10.3 Å². The zero-order chi connectivity index (χ0) is 31.0. The third-order valence-electron chi connectivity index (χ3n) is 6.82. The number of rotatable bonds is 11. The van der Waals surface area contributed by atoms with Crippen molar-refractivity contribution in [2.75, 3.05) is 26.7 Å². The van der Waals surface area contributed by atoms with Crippen LogP contribution in [0.4, 0.5) is 13.2 Å². The summed E-state index contributed by atoms with van der Waals surface area (Å²) in [6, 6.07) is 3.42. The molecule has 1 amide bonds. The fourth-order valence-electron chi connectivity index (χ4n) is 4.31. The highest BCUT2D eigenvalue weighted by atomic mass is 19.4. The van der Waals surface area contributed by atoms with Crippen molar-refractivity contribution < 1.29 is 18.0 Å². The number of H-pyrrole nitrogens is 1. The second kappa shape index (κ2) is 18.4. The van der Waals surface area contributed by atoms with Crippen molar-refractivity contribution in [1.29, 1.82) is 5.41 Å². The summed E-state index contributed by atoms with van der Waals surface area (Å²) < 4.78 is 39.7. The molecule has 8 nitrogen and oxygen atoms in total. The minimum atomic E-state index is -4.70. The Morgan fingerprint density at radius 3 is 2.29 bits per heavy atom. The van der Waals surface area contributed by atoms with Crippen LogP contribution >= 0.6 is 0 Å². The van der Waals surface area contributed by atoms with E-state index in [0.29, 0.717) is 25.9 Å². The minimum Gasteiger partial charge on any atom is -0.343 e. The Morgan fingerprint density at radius 1 is 1.10 bits per heavy atom. The molecule has 2 aromatic heterocycles. The number of nitrogens with one attached hydrogen (secondary N) is 2. The Kier molecular flexibility index (Phi) is 16.1. The first kappa shape index (κ1) is 35.9. The van der Waals surface area contributed by atoms with Gasteiger partial charge in [-0.2, -0.15) is 18.3 Å². The Labute approximate surface area is 242 Å². The number of unbranched alkanes of at least 4 members (excludes halogenated alkanes) is 2. The quantitative estimate of drug-likeness (QED) is 0.302. The van der Waals surface area contributed by atoms with E-state index in [1.54, 1.807) is 13.2 Å². The molecule has 11 heteroatoms. The molecule has 1 unspecified atom stereocenters.